The fourth-order valence-electron chi connectivity index (χ4n) is 4.52. The summed E-state index contributed by atoms with van der Waals surface area (Å²) in [6, 6.07) is 15.8. The highest BCUT2D eigenvalue weighted by Crippen LogP contribution is 2.26. The van der Waals surface area contributed by atoms with E-state index < -0.39 is 0 Å². The Morgan fingerprint density at radius 2 is 1.83 bits per heavy atom. The molecule has 0 unspecified atom stereocenters. The molecule has 2 aromatic heterocycles. The van der Waals surface area contributed by atoms with Gasteiger partial charge in [0.15, 0.2) is 5.82 Å². The van der Waals surface area contributed by atoms with Crippen LogP contribution in [0.5, 0.6) is 0 Å². The normalized spacial score (nSPS) is 15.0. The van der Waals surface area contributed by atoms with E-state index in [0.717, 1.165) is 67.5 Å². The monoisotopic (exact) mass is 506 g/mol. The first-order chi connectivity index (χ1) is 17.5. The van der Waals surface area contributed by atoms with Crippen molar-refractivity contribution in [3.8, 4) is 11.5 Å². The number of aromatic nitrogens is 3. The number of amides is 1. The van der Waals surface area contributed by atoms with E-state index >= 15 is 0 Å². The number of piperazine rings is 1. The average Bonchev–Trinajstić information content (AvgIpc) is 2.89. The zero-order valence-electron chi connectivity index (χ0n) is 21.1. The van der Waals surface area contributed by atoms with E-state index in [1.165, 1.54) is 0 Å². The van der Waals surface area contributed by atoms with E-state index in [1.54, 1.807) is 0 Å². The van der Waals surface area contributed by atoms with Gasteiger partial charge in [-0.15, -0.1) is 0 Å². The van der Waals surface area contributed by atoms with Crippen LogP contribution in [0.3, 0.4) is 0 Å². The topological polar surface area (TPSA) is 83.0 Å². The van der Waals surface area contributed by atoms with Crippen molar-refractivity contribution in [2.45, 2.75) is 45.6 Å². The molecule has 8 heteroatoms. The minimum absolute atomic E-state index is 0.0774. The lowest BCUT2D eigenvalue weighted by molar-refractivity contribution is -0.122. The summed E-state index contributed by atoms with van der Waals surface area (Å²) in [7, 11) is 0. The Hall–Kier alpha value is -2.87. The van der Waals surface area contributed by atoms with Gasteiger partial charge in [0.05, 0.1) is 22.5 Å². The van der Waals surface area contributed by atoms with Crippen LogP contribution in [0.1, 0.15) is 47.9 Å². The third-order valence-electron chi connectivity index (χ3n) is 6.50. The number of carbonyl (C=O) groups is 1. The maximum Gasteiger partial charge on any atom is 0.220 e. The molecule has 1 fully saturated rings. The number of benzene rings is 1. The Morgan fingerprint density at radius 1 is 1.06 bits per heavy atom. The molecule has 1 aromatic carbocycles. The van der Waals surface area contributed by atoms with Crippen LogP contribution in [-0.4, -0.2) is 58.5 Å². The maximum absolute atomic E-state index is 12.9. The fourth-order valence-corrected chi connectivity index (χ4v) is 4.70. The average molecular weight is 507 g/mol. The van der Waals surface area contributed by atoms with Crippen molar-refractivity contribution < 1.29 is 4.79 Å². The van der Waals surface area contributed by atoms with E-state index in [4.69, 9.17) is 16.6 Å². The molecular weight excluding hydrogens is 472 g/mol. The second-order valence-corrected chi connectivity index (χ2v) is 9.70. The molecule has 3 heterocycles. The van der Waals surface area contributed by atoms with Crippen LogP contribution in [0, 0.1) is 13.8 Å². The summed E-state index contributed by atoms with van der Waals surface area (Å²) in [6.45, 7) is 8.94. The molecule has 2 N–H and O–H groups in total. The van der Waals surface area contributed by atoms with Crippen LogP contribution < -0.4 is 10.6 Å². The number of nitrogens with one attached hydrogen (secondary N) is 2. The Kier molecular flexibility index (Phi) is 9.39. The van der Waals surface area contributed by atoms with Gasteiger partial charge in [-0.25, -0.2) is 15.0 Å². The lowest BCUT2D eigenvalue weighted by atomic mass is 10.00. The van der Waals surface area contributed by atoms with Crippen molar-refractivity contribution in [3.63, 3.8) is 0 Å². The number of aryl methyl sites for hydroxylation is 3. The maximum atomic E-state index is 12.9. The zero-order chi connectivity index (χ0) is 25.3. The molecule has 190 valence electrons. The molecule has 0 spiro atoms. The van der Waals surface area contributed by atoms with Crippen molar-refractivity contribution in [2.24, 2.45) is 0 Å². The van der Waals surface area contributed by atoms with Gasteiger partial charge in [-0.1, -0.05) is 48.0 Å². The number of pyridine rings is 1. The first-order valence-corrected chi connectivity index (χ1v) is 13.1. The quantitative estimate of drug-likeness (QED) is 0.427. The van der Waals surface area contributed by atoms with Crippen LogP contribution in [0.15, 0.2) is 48.5 Å². The second-order valence-electron chi connectivity index (χ2n) is 9.32. The van der Waals surface area contributed by atoms with Gasteiger partial charge in [-0.05, 0) is 57.4 Å². The minimum atomic E-state index is -0.121. The number of hydrogen-bond donors (Lipinski definition) is 2. The number of nitrogens with zero attached hydrogens (tertiary/aromatic N) is 4. The molecule has 1 aliphatic rings. The molecule has 0 bridgehead atoms. The molecule has 1 saturated heterocycles. The molecule has 0 saturated carbocycles. The van der Waals surface area contributed by atoms with E-state index in [0.29, 0.717) is 30.1 Å². The van der Waals surface area contributed by atoms with E-state index in [1.807, 2.05) is 50.2 Å². The molecule has 1 aliphatic heterocycles. The van der Waals surface area contributed by atoms with Crippen molar-refractivity contribution >= 4 is 17.5 Å². The van der Waals surface area contributed by atoms with Crippen LogP contribution in [0.25, 0.3) is 11.5 Å². The van der Waals surface area contributed by atoms with Crippen LogP contribution in [0.2, 0.25) is 5.02 Å². The highest BCUT2D eigenvalue weighted by molar-refractivity contribution is 6.31. The summed E-state index contributed by atoms with van der Waals surface area (Å²) in [6.07, 6.45) is 2.67. The van der Waals surface area contributed by atoms with E-state index in [2.05, 4.69) is 37.6 Å². The highest BCUT2D eigenvalue weighted by Gasteiger charge is 2.18. The number of hydrogen-bond acceptors (Lipinski definition) is 6. The molecule has 1 amide bonds. The lowest BCUT2D eigenvalue weighted by Crippen LogP contribution is -2.43. The van der Waals surface area contributed by atoms with Gasteiger partial charge in [0.1, 0.15) is 5.69 Å². The van der Waals surface area contributed by atoms with E-state index in [9.17, 15) is 4.79 Å². The molecule has 3 aromatic rings. The van der Waals surface area contributed by atoms with Crippen molar-refractivity contribution in [3.05, 3.63) is 76.2 Å². The molecule has 0 radical (unpaired) electrons. The molecule has 0 aliphatic carbocycles. The lowest BCUT2D eigenvalue weighted by Gasteiger charge is -2.27. The van der Waals surface area contributed by atoms with E-state index in [-0.39, 0.29) is 11.9 Å². The summed E-state index contributed by atoms with van der Waals surface area (Å²) in [5, 5.41) is 7.20. The van der Waals surface area contributed by atoms with Crippen LogP contribution >= 0.6 is 11.6 Å². The molecular formula is C28H35ClN6O. The Morgan fingerprint density at radius 3 is 2.58 bits per heavy atom. The predicted octanol–water partition coefficient (Wildman–Crippen LogP) is 4.28. The van der Waals surface area contributed by atoms with Crippen molar-refractivity contribution in [2.75, 3.05) is 32.7 Å². The first-order valence-electron chi connectivity index (χ1n) is 12.7. The Labute approximate surface area is 218 Å². The standard InChI is InChI=1S/C28H35ClN6O/c1-20-8-6-11-25(31-20)28-32-21(2)27(29)24(34-28)14-13-23(22-9-4-3-5-10-22)33-26(36)12-7-17-35-18-15-30-16-19-35/h3-6,8-11,23,30H,7,12-19H2,1-2H3,(H,33,36)/t23-/m0/s1. The summed E-state index contributed by atoms with van der Waals surface area (Å²) in [4.78, 5) is 29.2. The van der Waals surface area contributed by atoms with Crippen LogP contribution in [-0.2, 0) is 11.2 Å². The number of carbonyl (C=O) groups excluding carboxylic acids is 1. The number of halogens is 1. The van der Waals surface area contributed by atoms with Gasteiger partial charge in [0, 0.05) is 38.3 Å². The summed E-state index contributed by atoms with van der Waals surface area (Å²) < 4.78 is 0. The number of rotatable bonds is 10. The van der Waals surface area contributed by atoms with Crippen molar-refractivity contribution in [1.29, 1.82) is 0 Å². The second kappa shape index (κ2) is 12.9. The predicted molar refractivity (Wildman–Crippen MR) is 144 cm³/mol. The summed E-state index contributed by atoms with van der Waals surface area (Å²) in [5.74, 6) is 0.650. The minimum Gasteiger partial charge on any atom is -0.349 e. The van der Waals surface area contributed by atoms with Gasteiger partial charge in [0.25, 0.3) is 0 Å². The molecule has 1 atom stereocenters. The van der Waals surface area contributed by atoms with Gasteiger partial charge >= 0.3 is 0 Å². The van der Waals surface area contributed by atoms with Crippen LogP contribution in [0.4, 0.5) is 0 Å². The fraction of sp³-hybridized carbons (Fsp3) is 0.429. The molecule has 7 nitrogen and oxygen atoms in total. The van der Waals surface area contributed by atoms with Gasteiger partial charge in [0.2, 0.25) is 5.91 Å². The largest absolute Gasteiger partial charge is 0.349 e. The molecule has 36 heavy (non-hydrogen) atoms. The smallest absolute Gasteiger partial charge is 0.220 e. The van der Waals surface area contributed by atoms with Gasteiger partial charge in [-0.2, -0.15) is 0 Å². The summed E-state index contributed by atoms with van der Waals surface area (Å²) in [5.41, 5.74) is 4.22. The third kappa shape index (κ3) is 7.32. The summed E-state index contributed by atoms with van der Waals surface area (Å²) >= 11 is 6.62. The highest BCUT2D eigenvalue weighted by atomic mass is 35.5. The third-order valence-corrected chi connectivity index (χ3v) is 6.99. The first kappa shape index (κ1) is 26.2. The van der Waals surface area contributed by atoms with Crippen molar-refractivity contribution in [1.82, 2.24) is 30.5 Å². The zero-order valence-corrected chi connectivity index (χ0v) is 21.9. The molecule has 4 rings (SSSR count). The van der Waals surface area contributed by atoms with Gasteiger partial charge < -0.3 is 15.5 Å². The Balaban J connectivity index is 1.43. The SMILES string of the molecule is Cc1cccc(-c2nc(C)c(Cl)c(CC[C@H](NC(=O)CCCN3CCNCC3)c3ccccc3)n2)n1. The van der Waals surface area contributed by atoms with Gasteiger partial charge in [-0.3, -0.25) is 4.79 Å². The Bertz CT molecular complexity index is 1150.